The predicted octanol–water partition coefficient (Wildman–Crippen LogP) is 1.62. The van der Waals surface area contributed by atoms with Crippen molar-refractivity contribution >= 4 is 31.9 Å². The lowest BCUT2D eigenvalue weighted by molar-refractivity contribution is 0.0935. The molecule has 104 valence electrons. The molecule has 19 heavy (non-hydrogen) atoms. The molecule has 1 aromatic carbocycles. The van der Waals surface area contributed by atoms with Crippen LogP contribution in [0.15, 0.2) is 27.6 Å². The summed E-state index contributed by atoms with van der Waals surface area (Å²) in [6, 6.07) is 4.33. The average molecular weight is 347 g/mol. The first-order chi connectivity index (χ1) is 8.77. The molecule has 5 nitrogen and oxygen atoms in total. The summed E-state index contributed by atoms with van der Waals surface area (Å²) in [6.07, 6.45) is 2.25. The van der Waals surface area contributed by atoms with Gasteiger partial charge >= 0.3 is 0 Å². The van der Waals surface area contributed by atoms with E-state index in [1.807, 2.05) is 6.92 Å². The molecule has 0 aromatic heterocycles. The first-order valence-electron chi connectivity index (χ1n) is 5.91. The van der Waals surface area contributed by atoms with Crippen molar-refractivity contribution in [1.29, 1.82) is 0 Å². The topological polar surface area (TPSA) is 89.3 Å². The van der Waals surface area contributed by atoms with E-state index in [2.05, 4.69) is 21.2 Å². The number of halogens is 1. The van der Waals surface area contributed by atoms with Crippen LogP contribution in [-0.4, -0.2) is 20.4 Å². The highest BCUT2D eigenvalue weighted by molar-refractivity contribution is 9.10. The van der Waals surface area contributed by atoms with E-state index < -0.39 is 10.0 Å². The third-order valence-electron chi connectivity index (χ3n) is 3.15. The summed E-state index contributed by atoms with van der Waals surface area (Å²) in [5, 5.41) is 7.94. The van der Waals surface area contributed by atoms with Gasteiger partial charge in [-0.05, 0) is 43.9 Å². The molecule has 0 radical (unpaired) electrons. The summed E-state index contributed by atoms with van der Waals surface area (Å²) >= 11 is 3.18. The Bertz CT molecular complexity index is 611. The van der Waals surface area contributed by atoms with Gasteiger partial charge < -0.3 is 5.32 Å². The van der Waals surface area contributed by atoms with Gasteiger partial charge in [0.25, 0.3) is 5.91 Å². The molecular formula is C12H15BrN2O3S. The third kappa shape index (κ3) is 3.77. The highest BCUT2D eigenvalue weighted by Gasteiger charge is 2.29. The van der Waals surface area contributed by atoms with E-state index in [1.54, 1.807) is 6.07 Å². The van der Waals surface area contributed by atoms with Gasteiger partial charge in [-0.3, -0.25) is 4.79 Å². The van der Waals surface area contributed by atoms with Crippen molar-refractivity contribution in [2.75, 3.05) is 0 Å². The summed E-state index contributed by atoms with van der Waals surface area (Å²) < 4.78 is 23.2. The van der Waals surface area contributed by atoms with Gasteiger partial charge in [-0.25, -0.2) is 13.6 Å². The Morgan fingerprint density at radius 1 is 1.42 bits per heavy atom. The number of nitrogens with two attached hydrogens (primary N) is 1. The maximum absolute atomic E-state index is 12.1. The summed E-state index contributed by atoms with van der Waals surface area (Å²) in [5.41, 5.74) is 0.283. The molecule has 1 aliphatic rings. The number of carbonyl (C=O) groups is 1. The predicted molar refractivity (Wildman–Crippen MR) is 75.2 cm³/mol. The van der Waals surface area contributed by atoms with E-state index in [0.717, 1.165) is 12.8 Å². The van der Waals surface area contributed by atoms with Crippen LogP contribution in [0.4, 0.5) is 0 Å². The van der Waals surface area contributed by atoms with Gasteiger partial charge in [-0.1, -0.05) is 15.9 Å². The van der Waals surface area contributed by atoms with Crippen LogP contribution in [0.25, 0.3) is 0 Å². The van der Waals surface area contributed by atoms with Crippen LogP contribution in [0.2, 0.25) is 0 Å². The summed E-state index contributed by atoms with van der Waals surface area (Å²) in [5.74, 6) is 0.249. The molecule has 1 fully saturated rings. The zero-order valence-corrected chi connectivity index (χ0v) is 12.8. The molecule has 1 aliphatic carbocycles. The molecule has 7 heteroatoms. The Kier molecular flexibility index (Phi) is 3.98. The number of hydrogen-bond acceptors (Lipinski definition) is 3. The minimum atomic E-state index is -3.82. The number of nitrogens with one attached hydrogen (secondary N) is 1. The van der Waals surface area contributed by atoms with Crippen LogP contribution in [0.5, 0.6) is 0 Å². The molecule has 1 saturated carbocycles. The van der Waals surface area contributed by atoms with Crippen molar-refractivity contribution in [2.45, 2.75) is 30.7 Å². The number of sulfonamides is 1. The second-order valence-electron chi connectivity index (χ2n) is 4.82. The minimum Gasteiger partial charge on any atom is -0.349 e. The van der Waals surface area contributed by atoms with Crippen molar-refractivity contribution in [3.63, 3.8) is 0 Å². The fourth-order valence-electron chi connectivity index (χ4n) is 1.86. The number of primary sulfonamides is 1. The molecule has 0 spiro atoms. The summed E-state index contributed by atoms with van der Waals surface area (Å²) in [6.45, 7) is 1.95. The van der Waals surface area contributed by atoms with Gasteiger partial charge in [0, 0.05) is 16.1 Å². The lowest BCUT2D eigenvalue weighted by Gasteiger charge is -2.13. The van der Waals surface area contributed by atoms with Crippen molar-refractivity contribution in [2.24, 2.45) is 11.1 Å². The molecule has 1 unspecified atom stereocenters. The standard InChI is InChI=1S/C12H15BrN2O3S/c1-7(8-2-3-8)15-12(16)9-4-10(13)6-11(5-9)19(14,17)18/h4-8H,2-3H2,1H3,(H,15,16)(H2,14,17,18). The molecular weight excluding hydrogens is 332 g/mol. The largest absolute Gasteiger partial charge is 0.349 e. The Hall–Kier alpha value is -0.920. The monoisotopic (exact) mass is 346 g/mol. The summed E-state index contributed by atoms with van der Waals surface area (Å²) in [4.78, 5) is 12.0. The highest BCUT2D eigenvalue weighted by Crippen LogP contribution is 2.32. The molecule has 0 bridgehead atoms. The molecule has 1 aromatic rings. The van der Waals surface area contributed by atoms with Crippen molar-refractivity contribution in [1.82, 2.24) is 5.32 Å². The van der Waals surface area contributed by atoms with Crippen LogP contribution in [0.1, 0.15) is 30.1 Å². The van der Waals surface area contributed by atoms with Crippen molar-refractivity contribution < 1.29 is 13.2 Å². The molecule has 0 heterocycles. The summed E-state index contributed by atoms with van der Waals surface area (Å²) in [7, 11) is -3.82. The lowest BCUT2D eigenvalue weighted by Crippen LogP contribution is -2.34. The Morgan fingerprint density at radius 3 is 2.58 bits per heavy atom. The second-order valence-corrected chi connectivity index (χ2v) is 7.30. The van der Waals surface area contributed by atoms with Crippen molar-refractivity contribution in [3.8, 4) is 0 Å². The first kappa shape index (κ1) is 14.5. The highest BCUT2D eigenvalue weighted by atomic mass is 79.9. The quantitative estimate of drug-likeness (QED) is 0.867. The van der Waals surface area contributed by atoms with Gasteiger partial charge in [0.05, 0.1) is 4.90 Å². The van der Waals surface area contributed by atoms with E-state index in [4.69, 9.17) is 5.14 Å². The van der Waals surface area contributed by atoms with Gasteiger partial charge in [0.2, 0.25) is 10.0 Å². The number of amides is 1. The maximum Gasteiger partial charge on any atom is 0.251 e. The van der Waals surface area contributed by atoms with Crippen LogP contribution < -0.4 is 10.5 Å². The molecule has 0 aliphatic heterocycles. The molecule has 1 atom stereocenters. The van der Waals surface area contributed by atoms with E-state index in [9.17, 15) is 13.2 Å². The smallest absolute Gasteiger partial charge is 0.251 e. The van der Waals surface area contributed by atoms with Crippen molar-refractivity contribution in [3.05, 3.63) is 28.2 Å². The van der Waals surface area contributed by atoms with Gasteiger partial charge in [0.1, 0.15) is 0 Å². The van der Waals surface area contributed by atoms with E-state index >= 15 is 0 Å². The normalized spacial score (nSPS) is 17.0. The Morgan fingerprint density at radius 2 is 2.05 bits per heavy atom. The number of carbonyl (C=O) groups excluding carboxylic acids is 1. The van der Waals surface area contributed by atoms with Crippen LogP contribution in [0, 0.1) is 5.92 Å². The van der Waals surface area contributed by atoms with Gasteiger partial charge in [0.15, 0.2) is 0 Å². The lowest BCUT2D eigenvalue weighted by atomic mass is 10.1. The SMILES string of the molecule is CC(NC(=O)c1cc(Br)cc(S(N)(=O)=O)c1)C1CC1. The zero-order valence-electron chi connectivity index (χ0n) is 10.4. The number of benzene rings is 1. The first-order valence-corrected chi connectivity index (χ1v) is 8.25. The molecule has 0 saturated heterocycles. The van der Waals surface area contributed by atoms with Gasteiger partial charge in [-0.2, -0.15) is 0 Å². The van der Waals surface area contributed by atoms with E-state index in [1.165, 1.54) is 12.1 Å². The van der Waals surface area contributed by atoms with Crippen LogP contribution in [0.3, 0.4) is 0 Å². The zero-order chi connectivity index (χ0) is 14.2. The van der Waals surface area contributed by atoms with E-state index in [0.29, 0.717) is 10.4 Å². The average Bonchev–Trinajstić information content (AvgIpc) is 3.10. The fraction of sp³-hybridized carbons (Fsp3) is 0.417. The van der Waals surface area contributed by atoms with Gasteiger partial charge in [-0.15, -0.1) is 0 Å². The molecule has 3 N–H and O–H groups in total. The second kappa shape index (κ2) is 5.22. The maximum atomic E-state index is 12.1. The number of hydrogen-bond donors (Lipinski definition) is 2. The fourth-order valence-corrected chi connectivity index (χ4v) is 3.09. The minimum absolute atomic E-state index is 0.0777. The molecule has 2 rings (SSSR count). The van der Waals surface area contributed by atoms with E-state index in [-0.39, 0.29) is 22.4 Å². The molecule has 1 amide bonds. The third-order valence-corrected chi connectivity index (χ3v) is 4.50. The Labute approximate surface area is 120 Å². The van der Waals surface area contributed by atoms with Crippen LogP contribution in [-0.2, 0) is 10.0 Å². The van der Waals surface area contributed by atoms with Crippen LogP contribution >= 0.6 is 15.9 Å². The number of rotatable bonds is 4. The Balaban J connectivity index is 2.23.